The molecule has 9 heteroatoms. The van der Waals surface area contributed by atoms with E-state index in [-0.39, 0.29) is 23.5 Å². The van der Waals surface area contributed by atoms with Gasteiger partial charge in [0.05, 0.1) is 12.0 Å². The highest BCUT2D eigenvalue weighted by Gasteiger charge is 2.16. The summed E-state index contributed by atoms with van der Waals surface area (Å²) in [6, 6.07) is 10.4. The van der Waals surface area contributed by atoms with Crippen molar-refractivity contribution in [2.24, 2.45) is 0 Å². The lowest BCUT2D eigenvalue weighted by molar-refractivity contribution is -0.383. The molecular weight excluding hydrogens is 356 g/mol. The summed E-state index contributed by atoms with van der Waals surface area (Å²) in [5.41, 5.74) is 0.475. The average molecular weight is 374 g/mol. The van der Waals surface area contributed by atoms with Crippen LogP contribution in [-0.2, 0) is 20.7 Å². The first-order valence-electron chi connectivity index (χ1n) is 7.95. The fourth-order valence-corrected chi connectivity index (χ4v) is 2.28. The number of rotatable bonds is 8. The lowest BCUT2D eigenvalue weighted by Gasteiger charge is -2.08. The maximum atomic E-state index is 11.8. The summed E-state index contributed by atoms with van der Waals surface area (Å²) in [5, 5.41) is 22.9. The van der Waals surface area contributed by atoms with E-state index in [9.17, 15) is 24.8 Å². The molecule has 0 saturated carbocycles. The number of anilines is 1. The van der Waals surface area contributed by atoms with E-state index in [0.717, 1.165) is 0 Å². The van der Waals surface area contributed by atoms with Crippen LogP contribution in [0.2, 0.25) is 0 Å². The molecule has 0 aliphatic heterocycles. The van der Waals surface area contributed by atoms with Gasteiger partial charge in [-0.1, -0.05) is 18.2 Å². The second kappa shape index (κ2) is 9.18. The molecule has 9 nitrogen and oxygen atoms in total. The molecule has 0 heterocycles. The van der Waals surface area contributed by atoms with Crippen LogP contribution in [0.4, 0.5) is 11.4 Å². The van der Waals surface area contributed by atoms with Crippen molar-refractivity contribution in [3.63, 3.8) is 0 Å². The van der Waals surface area contributed by atoms with E-state index in [2.05, 4.69) is 5.32 Å². The number of para-hydroxylation sites is 2. The average Bonchev–Trinajstić information content (AvgIpc) is 2.65. The van der Waals surface area contributed by atoms with Crippen molar-refractivity contribution in [3.8, 4) is 11.5 Å². The predicted octanol–water partition coefficient (Wildman–Crippen LogP) is 2.42. The first-order valence-corrected chi connectivity index (χ1v) is 7.95. The van der Waals surface area contributed by atoms with Gasteiger partial charge in [-0.05, 0) is 30.2 Å². The normalized spacial score (nSPS) is 10.1. The van der Waals surface area contributed by atoms with Crippen molar-refractivity contribution >= 4 is 23.3 Å². The summed E-state index contributed by atoms with van der Waals surface area (Å²) >= 11 is 0. The largest absolute Gasteiger partial charge is 0.504 e. The fourth-order valence-electron chi connectivity index (χ4n) is 2.28. The van der Waals surface area contributed by atoms with E-state index in [0.29, 0.717) is 17.7 Å². The molecule has 0 atom stereocenters. The zero-order valence-corrected chi connectivity index (χ0v) is 14.5. The van der Waals surface area contributed by atoms with Gasteiger partial charge in [-0.25, -0.2) is 0 Å². The molecule has 1 amide bonds. The summed E-state index contributed by atoms with van der Waals surface area (Å²) in [7, 11) is 1.43. The molecular formula is C18H18N2O7. The number of hydrogen-bond acceptors (Lipinski definition) is 7. The Balaban J connectivity index is 1.81. The molecule has 0 aromatic heterocycles. The van der Waals surface area contributed by atoms with Crippen molar-refractivity contribution in [2.75, 3.05) is 19.0 Å². The van der Waals surface area contributed by atoms with E-state index in [1.54, 1.807) is 18.2 Å². The lowest BCUT2D eigenvalue weighted by atomic mass is 10.1. The van der Waals surface area contributed by atoms with Gasteiger partial charge in [-0.15, -0.1) is 0 Å². The van der Waals surface area contributed by atoms with Gasteiger partial charge in [0, 0.05) is 12.5 Å². The van der Waals surface area contributed by atoms with Gasteiger partial charge in [0.1, 0.15) is 5.69 Å². The third kappa shape index (κ3) is 5.70. The number of amides is 1. The molecule has 0 bridgehead atoms. The van der Waals surface area contributed by atoms with Crippen LogP contribution in [0.25, 0.3) is 0 Å². The van der Waals surface area contributed by atoms with Crippen molar-refractivity contribution in [1.29, 1.82) is 0 Å². The Labute approximate surface area is 154 Å². The van der Waals surface area contributed by atoms with E-state index in [4.69, 9.17) is 9.47 Å². The molecule has 2 N–H and O–H groups in total. The van der Waals surface area contributed by atoms with E-state index in [1.165, 1.54) is 31.4 Å². The highest BCUT2D eigenvalue weighted by atomic mass is 16.6. The maximum absolute atomic E-state index is 11.8. The van der Waals surface area contributed by atoms with Gasteiger partial charge in [0.15, 0.2) is 18.1 Å². The van der Waals surface area contributed by atoms with Gasteiger partial charge < -0.3 is 19.9 Å². The van der Waals surface area contributed by atoms with E-state index < -0.39 is 23.4 Å². The lowest BCUT2D eigenvalue weighted by Crippen LogP contribution is -2.21. The van der Waals surface area contributed by atoms with Crippen LogP contribution in [0, 0.1) is 10.1 Å². The van der Waals surface area contributed by atoms with Crippen LogP contribution >= 0.6 is 0 Å². The number of nitrogens with one attached hydrogen (secondary N) is 1. The summed E-state index contributed by atoms with van der Waals surface area (Å²) in [5.74, 6) is -0.997. The second-order valence-corrected chi connectivity index (χ2v) is 5.49. The van der Waals surface area contributed by atoms with Crippen molar-refractivity contribution in [1.82, 2.24) is 0 Å². The Hall–Kier alpha value is -3.62. The standard InChI is InChI=1S/C18H18N2O7/c1-26-16-8-6-12(10-15(16)21)7-9-18(23)27-11-17(22)19-13-4-2-3-5-14(13)20(24)25/h2-6,8,10,21H,7,9,11H2,1H3,(H,19,22). The number of aromatic hydroxyl groups is 1. The minimum absolute atomic E-state index is 0.00450. The Kier molecular flexibility index (Phi) is 6.70. The molecule has 0 spiro atoms. The zero-order valence-electron chi connectivity index (χ0n) is 14.5. The quantitative estimate of drug-likeness (QED) is 0.412. The predicted molar refractivity (Wildman–Crippen MR) is 95.7 cm³/mol. The van der Waals surface area contributed by atoms with Crippen molar-refractivity contribution < 1.29 is 29.1 Å². The monoisotopic (exact) mass is 374 g/mol. The van der Waals surface area contributed by atoms with Crippen LogP contribution in [0.5, 0.6) is 11.5 Å². The topological polar surface area (TPSA) is 128 Å². The SMILES string of the molecule is COc1ccc(CCC(=O)OCC(=O)Nc2ccccc2[N+](=O)[O-])cc1O. The number of nitro benzene ring substituents is 1. The minimum Gasteiger partial charge on any atom is -0.504 e. The molecule has 2 rings (SSSR count). The molecule has 142 valence electrons. The number of carbonyl (C=O) groups excluding carboxylic acids is 2. The first-order chi connectivity index (χ1) is 12.9. The van der Waals surface area contributed by atoms with E-state index >= 15 is 0 Å². The van der Waals surface area contributed by atoms with Gasteiger partial charge in [0.25, 0.3) is 11.6 Å². The van der Waals surface area contributed by atoms with Crippen LogP contribution < -0.4 is 10.1 Å². The van der Waals surface area contributed by atoms with E-state index in [1.807, 2.05) is 0 Å². The van der Waals surface area contributed by atoms with Gasteiger partial charge in [-0.3, -0.25) is 19.7 Å². The first kappa shape index (κ1) is 19.7. The number of ether oxygens (including phenoxy) is 2. The number of hydrogen-bond donors (Lipinski definition) is 2. The molecule has 27 heavy (non-hydrogen) atoms. The molecule has 0 unspecified atom stereocenters. The highest BCUT2D eigenvalue weighted by molar-refractivity contribution is 5.94. The molecule has 0 aliphatic rings. The van der Waals surface area contributed by atoms with Crippen molar-refractivity contribution in [2.45, 2.75) is 12.8 Å². The summed E-state index contributed by atoms with van der Waals surface area (Å²) < 4.78 is 9.80. The van der Waals surface area contributed by atoms with Crippen LogP contribution in [-0.4, -0.2) is 35.6 Å². The molecule has 0 saturated heterocycles. The Morgan fingerprint density at radius 2 is 1.96 bits per heavy atom. The number of phenols is 1. The highest BCUT2D eigenvalue weighted by Crippen LogP contribution is 2.26. The Morgan fingerprint density at radius 1 is 1.22 bits per heavy atom. The number of nitrogens with zero attached hydrogens (tertiary/aromatic N) is 1. The molecule has 0 radical (unpaired) electrons. The zero-order chi connectivity index (χ0) is 19.8. The number of methoxy groups -OCH3 is 1. The maximum Gasteiger partial charge on any atom is 0.306 e. The molecule has 0 aliphatic carbocycles. The number of nitro groups is 1. The number of phenolic OH excluding ortho intramolecular Hbond substituents is 1. The smallest absolute Gasteiger partial charge is 0.306 e. The summed E-state index contributed by atoms with van der Waals surface area (Å²) in [4.78, 5) is 33.9. The second-order valence-electron chi connectivity index (χ2n) is 5.49. The Bertz CT molecular complexity index is 851. The van der Waals surface area contributed by atoms with Crippen LogP contribution in [0.1, 0.15) is 12.0 Å². The summed E-state index contributed by atoms with van der Waals surface area (Å²) in [6.07, 6.45) is 0.312. The van der Waals surface area contributed by atoms with Crippen molar-refractivity contribution in [3.05, 3.63) is 58.1 Å². The Morgan fingerprint density at radius 3 is 2.63 bits per heavy atom. The van der Waals surface area contributed by atoms with Crippen LogP contribution in [0.3, 0.4) is 0 Å². The molecule has 2 aromatic rings. The number of carbonyl (C=O) groups is 2. The number of aryl methyl sites for hydroxylation is 1. The van der Waals surface area contributed by atoms with Gasteiger partial charge >= 0.3 is 5.97 Å². The number of benzene rings is 2. The van der Waals surface area contributed by atoms with Gasteiger partial charge in [0.2, 0.25) is 0 Å². The van der Waals surface area contributed by atoms with Gasteiger partial charge in [-0.2, -0.15) is 0 Å². The molecule has 2 aromatic carbocycles. The molecule has 0 fully saturated rings. The summed E-state index contributed by atoms with van der Waals surface area (Å²) in [6.45, 7) is -0.557. The van der Waals surface area contributed by atoms with Crippen LogP contribution in [0.15, 0.2) is 42.5 Å². The minimum atomic E-state index is -0.681. The fraction of sp³-hybridized carbons (Fsp3) is 0.222. The number of esters is 1. The third-order valence-electron chi connectivity index (χ3n) is 3.60. The third-order valence-corrected chi connectivity index (χ3v) is 3.60.